The molecule has 3 heteroatoms. The second-order valence-electron chi connectivity index (χ2n) is 7.58. The summed E-state index contributed by atoms with van der Waals surface area (Å²) in [5.41, 5.74) is 12.6. The van der Waals surface area contributed by atoms with Crippen molar-refractivity contribution in [2.24, 2.45) is 5.73 Å². The Labute approximate surface area is 158 Å². The number of pyridine rings is 1. The first kappa shape index (κ1) is 16.3. The molecular formula is C24H22N2O. The van der Waals surface area contributed by atoms with Crippen molar-refractivity contribution in [1.29, 1.82) is 0 Å². The van der Waals surface area contributed by atoms with Crippen LogP contribution in [0, 0.1) is 6.92 Å². The number of furan rings is 1. The van der Waals surface area contributed by atoms with E-state index >= 15 is 0 Å². The van der Waals surface area contributed by atoms with Crippen LogP contribution in [0.3, 0.4) is 0 Å². The summed E-state index contributed by atoms with van der Waals surface area (Å²) in [5.74, 6) is 0.895. The molecule has 5 rings (SSSR count). The minimum absolute atomic E-state index is 0.143. The zero-order valence-electron chi connectivity index (χ0n) is 15.4. The van der Waals surface area contributed by atoms with Gasteiger partial charge in [-0.25, -0.2) is 0 Å². The molecular weight excluding hydrogens is 332 g/mol. The van der Waals surface area contributed by atoms with Crippen LogP contribution in [0.25, 0.3) is 33.4 Å². The Kier molecular flexibility index (Phi) is 3.66. The molecule has 4 aromatic rings. The first-order valence-electron chi connectivity index (χ1n) is 9.48. The normalized spacial score (nSPS) is 15.6. The molecule has 2 heterocycles. The Morgan fingerprint density at radius 3 is 2.37 bits per heavy atom. The van der Waals surface area contributed by atoms with Crippen LogP contribution in [0.5, 0.6) is 0 Å². The molecule has 0 spiro atoms. The van der Waals surface area contributed by atoms with Gasteiger partial charge in [-0.2, -0.15) is 0 Å². The number of hydrogen-bond donors (Lipinski definition) is 1. The number of aromatic nitrogens is 1. The van der Waals surface area contributed by atoms with E-state index in [4.69, 9.17) is 15.1 Å². The third kappa shape index (κ3) is 2.66. The summed E-state index contributed by atoms with van der Waals surface area (Å²) in [6.07, 6.45) is 5.25. The quantitative estimate of drug-likeness (QED) is 0.505. The van der Waals surface area contributed by atoms with E-state index in [0.29, 0.717) is 0 Å². The lowest BCUT2D eigenvalue weighted by Gasteiger charge is -2.38. The van der Waals surface area contributed by atoms with Gasteiger partial charge in [0.15, 0.2) is 0 Å². The molecule has 1 aliphatic rings. The first-order valence-corrected chi connectivity index (χ1v) is 9.48. The van der Waals surface area contributed by atoms with E-state index in [1.807, 2.05) is 37.4 Å². The van der Waals surface area contributed by atoms with Gasteiger partial charge in [-0.15, -0.1) is 0 Å². The average Bonchev–Trinajstić information content (AvgIpc) is 3.06. The lowest BCUT2D eigenvalue weighted by atomic mass is 9.72. The highest BCUT2D eigenvalue weighted by atomic mass is 16.3. The van der Waals surface area contributed by atoms with Gasteiger partial charge in [-0.1, -0.05) is 54.6 Å². The Balaban J connectivity index is 1.69. The highest BCUT2D eigenvalue weighted by molar-refractivity contribution is 5.99. The average molecular weight is 354 g/mol. The molecule has 1 saturated carbocycles. The van der Waals surface area contributed by atoms with Gasteiger partial charge in [-0.05, 0) is 43.4 Å². The maximum Gasteiger partial charge on any atom is 0.145 e. The largest absolute Gasteiger partial charge is 0.461 e. The van der Waals surface area contributed by atoms with Gasteiger partial charge in [0.1, 0.15) is 11.3 Å². The molecule has 2 N–H and O–H groups in total. The molecule has 0 saturated heterocycles. The minimum atomic E-state index is -0.143. The fourth-order valence-corrected chi connectivity index (χ4v) is 4.03. The predicted molar refractivity (Wildman–Crippen MR) is 109 cm³/mol. The van der Waals surface area contributed by atoms with E-state index in [9.17, 15) is 0 Å². The van der Waals surface area contributed by atoms with E-state index in [0.717, 1.165) is 52.0 Å². The number of fused-ring (bicyclic) bond motifs is 1. The molecule has 1 aliphatic carbocycles. The number of nitrogens with zero attached hydrogens (tertiary/aromatic N) is 1. The second kappa shape index (κ2) is 6.07. The molecule has 0 aliphatic heterocycles. The summed E-state index contributed by atoms with van der Waals surface area (Å²) in [4.78, 5) is 4.80. The fourth-order valence-electron chi connectivity index (χ4n) is 4.03. The summed E-state index contributed by atoms with van der Waals surface area (Å²) in [6.45, 7) is 1.97. The summed E-state index contributed by atoms with van der Waals surface area (Å²) in [6, 6.07) is 21.0. The lowest BCUT2D eigenvalue weighted by Crippen LogP contribution is -2.43. The number of nitrogens with two attached hydrogens (primary N) is 1. The maximum atomic E-state index is 6.48. The molecule has 0 unspecified atom stereocenters. The highest BCUT2D eigenvalue weighted by Gasteiger charge is 2.34. The molecule has 3 nitrogen and oxygen atoms in total. The molecule has 0 radical (unpaired) electrons. The monoisotopic (exact) mass is 354 g/mol. The number of aryl methyl sites for hydroxylation is 1. The molecule has 27 heavy (non-hydrogen) atoms. The molecule has 0 bridgehead atoms. The maximum absolute atomic E-state index is 6.48. The zero-order chi connectivity index (χ0) is 18.4. The van der Waals surface area contributed by atoms with Crippen LogP contribution in [0.15, 0.2) is 71.3 Å². The number of hydrogen-bond acceptors (Lipinski definition) is 3. The van der Waals surface area contributed by atoms with E-state index in [1.165, 1.54) is 12.0 Å². The summed E-state index contributed by atoms with van der Waals surface area (Å²) >= 11 is 0. The zero-order valence-corrected chi connectivity index (χ0v) is 15.4. The third-order valence-corrected chi connectivity index (χ3v) is 5.72. The van der Waals surface area contributed by atoms with Gasteiger partial charge < -0.3 is 10.2 Å². The Hall–Kier alpha value is -2.91. The van der Waals surface area contributed by atoms with Crippen LogP contribution in [-0.2, 0) is 5.54 Å². The van der Waals surface area contributed by atoms with E-state index in [-0.39, 0.29) is 5.54 Å². The van der Waals surface area contributed by atoms with Crippen LogP contribution in [0.2, 0.25) is 0 Å². The van der Waals surface area contributed by atoms with Crippen molar-refractivity contribution in [3.8, 4) is 22.4 Å². The molecule has 2 aromatic heterocycles. The molecule has 1 fully saturated rings. The SMILES string of the molecule is Cc1cc2cnc(-c3ccc(C4(N)CCC4)cc3)c(-c3ccccc3)c2o1. The Morgan fingerprint density at radius 1 is 0.963 bits per heavy atom. The number of rotatable bonds is 3. The van der Waals surface area contributed by atoms with E-state index in [1.54, 1.807) is 0 Å². The van der Waals surface area contributed by atoms with E-state index in [2.05, 4.69) is 36.4 Å². The first-order chi connectivity index (χ1) is 13.1. The smallest absolute Gasteiger partial charge is 0.145 e. The van der Waals surface area contributed by atoms with E-state index < -0.39 is 0 Å². The van der Waals surface area contributed by atoms with Crippen molar-refractivity contribution in [3.63, 3.8) is 0 Å². The second-order valence-corrected chi connectivity index (χ2v) is 7.58. The van der Waals surface area contributed by atoms with Gasteiger partial charge in [0, 0.05) is 22.7 Å². The van der Waals surface area contributed by atoms with Gasteiger partial charge in [0.2, 0.25) is 0 Å². The predicted octanol–water partition coefficient (Wildman–Crippen LogP) is 5.81. The van der Waals surface area contributed by atoms with Crippen molar-refractivity contribution < 1.29 is 4.42 Å². The minimum Gasteiger partial charge on any atom is -0.461 e. The van der Waals surface area contributed by atoms with Gasteiger partial charge in [0.05, 0.1) is 11.3 Å². The van der Waals surface area contributed by atoms with Crippen LogP contribution < -0.4 is 5.73 Å². The lowest BCUT2D eigenvalue weighted by molar-refractivity contribution is 0.253. The van der Waals surface area contributed by atoms with Crippen LogP contribution in [0.1, 0.15) is 30.6 Å². The van der Waals surface area contributed by atoms with Crippen LogP contribution in [-0.4, -0.2) is 4.98 Å². The van der Waals surface area contributed by atoms with Gasteiger partial charge in [0.25, 0.3) is 0 Å². The van der Waals surface area contributed by atoms with Crippen LogP contribution >= 0.6 is 0 Å². The van der Waals surface area contributed by atoms with Crippen LogP contribution in [0.4, 0.5) is 0 Å². The van der Waals surface area contributed by atoms with Crippen molar-refractivity contribution >= 4 is 11.0 Å². The molecule has 2 aromatic carbocycles. The third-order valence-electron chi connectivity index (χ3n) is 5.72. The van der Waals surface area contributed by atoms with Gasteiger partial charge in [-0.3, -0.25) is 4.98 Å². The molecule has 0 atom stereocenters. The summed E-state index contributed by atoms with van der Waals surface area (Å²) in [5, 5.41) is 1.03. The summed E-state index contributed by atoms with van der Waals surface area (Å²) < 4.78 is 6.06. The standard InChI is InChI=1S/C24H22N2O/c1-16-14-19-15-26-22(21(23(19)27-16)17-6-3-2-4-7-17)18-8-10-20(11-9-18)24(25)12-5-13-24/h2-4,6-11,14-15H,5,12-13,25H2,1H3. The highest BCUT2D eigenvalue weighted by Crippen LogP contribution is 2.41. The summed E-state index contributed by atoms with van der Waals surface area (Å²) in [7, 11) is 0. The fraction of sp³-hybridized carbons (Fsp3) is 0.208. The van der Waals surface area contributed by atoms with Crippen molar-refractivity contribution in [3.05, 3.63) is 78.2 Å². The van der Waals surface area contributed by atoms with Crippen molar-refractivity contribution in [2.75, 3.05) is 0 Å². The van der Waals surface area contributed by atoms with Gasteiger partial charge >= 0.3 is 0 Å². The Bertz CT molecular complexity index is 1110. The Morgan fingerprint density at radius 2 is 1.70 bits per heavy atom. The number of benzene rings is 2. The van der Waals surface area contributed by atoms with Crippen molar-refractivity contribution in [2.45, 2.75) is 31.7 Å². The molecule has 134 valence electrons. The molecule has 0 amide bonds. The topological polar surface area (TPSA) is 52.0 Å². The van der Waals surface area contributed by atoms with Crippen molar-refractivity contribution in [1.82, 2.24) is 4.98 Å².